The second kappa shape index (κ2) is 4.63. The predicted molar refractivity (Wildman–Crippen MR) is 72.5 cm³/mol. The molecule has 3 nitrogen and oxygen atoms in total. The van der Waals surface area contributed by atoms with Crippen molar-refractivity contribution in [3.8, 4) is 0 Å². The summed E-state index contributed by atoms with van der Waals surface area (Å²) in [5, 5.41) is 6.37. The molecule has 1 amide bonds. The highest BCUT2D eigenvalue weighted by molar-refractivity contribution is 5.87. The van der Waals surface area contributed by atoms with Crippen LogP contribution in [0, 0.1) is 11.8 Å². The first-order chi connectivity index (χ1) is 8.74. The van der Waals surface area contributed by atoms with E-state index in [0.717, 1.165) is 24.6 Å². The number of benzene rings is 1. The number of amides is 1. The molecule has 1 aliphatic heterocycles. The molecular formula is C15H20N2O. The van der Waals surface area contributed by atoms with E-state index >= 15 is 0 Å². The van der Waals surface area contributed by atoms with E-state index in [0.29, 0.717) is 5.92 Å². The lowest BCUT2D eigenvalue weighted by Crippen LogP contribution is -2.40. The first-order valence-electron chi connectivity index (χ1n) is 6.86. The molecule has 3 rings (SSSR count). The lowest BCUT2D eigenvalue weighted by molar-refractivity contribution is -0.121. The SMILES string of the molecule is CC(CNC(=O)[C@@H]1Cc2ccccc2N1)C1CC1. The highest BCUT2D eigenvalue weighted by Crippen LogP contribution is 2.36. The molecule has 3 heteroatoms. The van der Waals surface area contributed by atoms with Crippen molar-refractivity contribution in [3.05, 3.63) is 29.8 Å². The van der Waals surface area contributed by atoms with Crippen molar-refractivity contribution >= 4 is 11.6 Å². The van der Waals surface area contributed by atoms with Gasteiger partial charge in [-0.2, -0.15) is 0 Å². The summed E-state index contributed by atoms with van der Waals surface area (Å²) in [6, 6.07) is 8.06. The summed E-state index contributed by atoms with van der Waals surface area (Å²) in [7, 11) is 0. The van der Waals surface area contributed by atoms with E-state index in [-0.39, 0.29) is 11.9 Å². The third kappa shape index (κ3) is 2.35. The molecule has 2 N–H and O–H groups in total. The Morgan fingerprint density at radius 2 is 2.22 bits per heavy atom. The van der Waals surface area contributed by atoms with Crippen LogP contribution in [0.5, 0.6) is 0 Å². The third-order valence-electron chi connectivity index (χ3n) is 4.11. The van der Waals surface area contributed by atoms with Crippen LogP contribution in [0.25, 0.3) is 0 Å². The van der Waals surface area contributed by atoms with Crippen LogP contribution >= 0.6 is 0 Å². The molecule has 1 aromatic carbocycles. The van der Waals surface area contributed by atoms with E-state index < -0.39 is 0 Å². The van der Waals surface area contributed by atoms with E-state index in [1.807, 2.05) is 18.2 Å². The molecule has 0 bridgehead atoms. The molecule has 1 aliphatic carbocycles. The number of hydrogen-bond acceptors (Lipinski definition) is 2. The Morgan fingerprint density at radius 1 is 1.44 bits per heavy atom. The number of fused-ring (bicyclic) bond motifs is 1. The normalized spacial score (nSPS) is 23.1. The van der Waals surface area contributed by atoms with Crippen LogP contribution in [0.15, 0.2) is 24.3 Å². The summed E-state index contributed by atoms with van der Waals surface area (Å²) in [5.41, 5.74) is 2.35. The topological polar surface area (TPSA) is 41.1 Å². The Morgan fingerprint density at radius 3 is 2.94 bits per heavy atom. The minimum absolute atomic E-state index is 0.0891. The third-order valence-corrected chi connectivity index (χ3v) is 4.11. The molecule has 0 aromatic heterocycles. The summed E-state index contributed by atoms with van der Waals surface area (Å²) >= 11 is 0. The summed E-state index contributed by atoms with van der Waals surface area (Å²) in [4.78, 5) is 12.1. The average molecular weight is 244 g/mol. The lowest BCUT2D eigenvalue weighted by atomic mass is 10.1. The van der Waals surface area contributed by atoms with Gasteiger partial charge in [-0.25, -0.2) is 0 Å². The standard InChI is InChI=1S/C15H20N2O/c1-10(11-6-7-11)9-16-15(18)14-8-12-4-2-3-5-13(12)17-14/h2-5,10-11,14,17H,6-9H2,1H3,(H,16,18)/t10?,14-/m0/s1. The number of rotatable bonds is 4. The van der Waals surface area contributed by atoms with Gasteiger partial charge in [0.05, 0.1) is 0 Å². The van der Waals surface area contributed by atoms with Gasteiger partial charge in [0.2, 0.25) is 5.91 Å². The second-order valence-electron chi connectivity index (χ2n) is 5.62. The summed E-state index contributed by atoms with van der Waals surface area (Å²) in [5.74, 6) is 1.61. The van der Waals surface area contributed by atoms with Crippen molar-refractivity contribution in [3.63, 3.8) is 0 Å². The van der Waals surface area contributed by atoms with E-state index in [1.165, 1.54) is 18.4 Å². The summed E-state index contributed by atoms with van der Waals surface area (Å²) < 4.78 is 0. The van der Waals surface area contributed by atoms with E-state index in [2.05, 4.69) is 23.6 Å². The second-order valence-corrected chi connectivity index (χ2v) is 5.62. The zero-order chi connectivity index (χ0) is 12.5. The van der Waals surface area contributed by atoms with Crippen molar-refractivity contribution in [1.82, 2.24) is 5.32 Å². The molecule has 1 fully saturated rings. The van der Waals surface area contributed by atoms with Gasteiger partial charge in [0.25, 0.3) is 0 Å². The first-order valence-corrected chi connectivity index (χ1v) is 6.86. The van der Waals surface area contributed by atoms with Crippen LogP contribution in [-0.2, 0) is 11.2 Å². The van der Waals surface area contributed by atoms with Crippen LogP contribution in [0.4, 0.5) is 5.69 Å². The molecule has 1 saturated carbocycles. The maximum Gasteiger partial charge on any atom is 0.242 e. The van der Waals surface area contributed by atoms with Crippen molar-refractivity contribution in [1.29, 1.82) is 0 Å². The average Bonchev–Trinajstić information content (AvgIpc) is 3.14. The zero-order valence-electron chi connectivity index (χ0n) is 10.8. The molecule has 2 atom stereocenters. The van der Waals surface area contributed by atoms with E-state index in [4.69, 9.17) is 0 Å². The monoisotopic (exact) mass is 244 g/mol. The quantitative estimate of drug-likeness (QED) is 0.852. The Kier molecular flexibility index (Phi) is 2.98. The van der Waals surface area contributed by atoms with Gasteiger partial charge >= 0.3 is 0 Å². The van der Waals surface area contributed by atoms with Crippen molar-refractivity contribution in [2.75, 3.05) is 11.9 Å². The number of hydrogen-bond donors (Lipinski definition) is 2. The molecule has 2 aliphatic rings. The van der Waals surface area contributed by atoms with Gasteiger partial charge < -0.3 is 10.6 Å². The van der Waals surface area contributed by atoms with Crippen LogP contribution in [0.1, 0.15) is 25.3 Å². The van der Waals surface area contributed by atoms with E-state index in [9.17, 15) is 4.79 Å². The highest BCUT2D eigenvalue weighted by atomic mass is 16.2. The number of carbonyl (C=O) groups excluding carboxylic acids is 1. The molecule has 1 heterocycles. The van der Waals surface area contributed by atoms with E-state index in [1.54, 1.807) is 0 Å². The molecule has 0 saturated heterocycles. The van der Waals surface area contributed by atoms with Gasteiger partial charge in [-0.3, -0.25) is 4.79 Å². The minimum atomic E-state index is -0.0891. The molecule has 0 radical (unpaired) electrons. The van der Waals surface area contributed by atoms with Gasteiger partial charge in [0.15, 0.2) is 0 Å². The van der Waals surface area contributed by atoms with Crippen molar-refractivity contribution in [2.24, 2.45) is 11.8 Å². The van der Waals surface area contributed by atoms with Gasteiger partial charge in [-0.1, -0.05) is 25.1 Å². The van der Waals surface area contributed by atoms with Gasteiger partial charge in [0.1, 0.15) is 6.04 Å². The lowest BCUT2D eigenvalue weighted by Gasteiger charge is -2.15. The molecule has 0 spiro atoms. The molecule has 1 unspecified atom stereocenters. The van der Waals surface area contributed by atoms with Crippen LogP contribution in [0.2, 0.25) is 0 Å². The number of anilines is 1. The summed E-state index contributed by atoms with van der Waals surface area (Å²) in [6.45, 7) is 3.05. The predicted octanol–water partition coefficient (Wildman–Crippen LogP) is 2.19. The fraction of sp³-hybridized carbons (Fsp3) is 0.533. The minimum Gasteiger partial charge on any atom is -0.373 e. The zero-order valence-corrected chi connectivity index (χ0v) is 10.8. The summed E-state index contributed by atoms with van der Waals surface area (Å²) in [6.07, 6.45) is 3.48. The van der Waals surface area contributed by atoms with Gasteiger partial charge in [-0.05, 0) is 36.3 Å². The molecule has 18 heavy (non-hydrogen) atoms. The maximum atomic E-state index is 12.1. The Bertz CT molecular complexity index is 429. The van der Waals surface area contributed by atoms with Crippen LogP contribution in [0.3, 0.4) is 0 Å². The Hall–Kier alpha value is -1.51. The number of para-hydroxylation sites is 1. The first kappa shape index (κ1) is 11.6. The van der Waals surface area contributed by atoms with Crippen LogP contribution in [-0.4, -0.2) is 18.5 Å². The molecular weight excluding hydrogens is 224 g/mol. The number of carbonyl (C=O) groups is 1. The Labute approximate surface area is 108 Å². The smallest absolute Gasteiger partial charge is 0.242 e. The Balaban J connectivity index is 1.52. The fourth-order valence-corrected chi connectivity index (χ4v) is 2.67. The molecule has 1 aromatic rings. The maximum absolute atomic E-state index is 12.1. The fourth-order valence-electron chi connectivity index (χ4n) is 2.67. The highest BCUT2D eigenvalue weighted by Gasteiger charge is 2.30. The van der Waals surface area contributed by atoms with Crippen molar-refractivity contribution < 1.29 is 4.79 Å². The van der Waals surface area contributed by atoms with Crippen molar-refractivity contribution in [2.45, 2.75) is 32.2 Å². The van der Waals surface area contributed by atoms with Crippen LogP contribution < -0.4 is 10.6 Å². The van der Waals surface area contributed by atoms with Gasteiger partial charge in [0, 0.05) is 18.7 Å². The molecule has 96 valence electrons. The van der Waals surface area contributed by atoms with Gasteiger partial charge in [-0.15, -0.1) is 0 Å². The number of nitrogens with one attached hydrogen (secondary N) is 2. The largest absolute Gasteiger partial charge is 0.373 e.